The van der Waals surface area contributed by atoms with Gasteiger partial charge in [-0.25, -0.2) is 9.78 Å². The molecule has 3 amide bonds. The van der Waals surface area contributed by atoms with Crippen molar-refractivity contribution in [2.45, 2.75) is 63.7 Å². The number of H-pyrrole nitrogens is 1. The summed E-state index contributed by atoms with van der Waals surface area (Å²) in [5, 5.41) is 25.6. The number of hydrogen-bond acceptors (Lipinski definition) is 8. The Kier molecular flexibility index (Phi) is 12.1. The maximum Gasteiger partial charge on any atom is 0.326 e. The Balaban J connectivity index is 3.08. The molecule has 0 radical (unpaired) electrons. The topological polar surface area (TPSA) is 217 Å². The molecule has 5 atom stereocenters. The third-order valence-electron chi connectivity index (χ3n) is 5.20. The molecule has 0 aromatic carbocycles. The molecule has 1 aromatic rings. The Hall–Kier alpha value is -3.13. The number of carboxylic acids is 2. The number of amides is 3. The van der Waals surface area contributed by atoms with Crippen molar-refractivity contribution in [1.82, 2.24) is 25.9 Å². The Bertz CT molecular complexity index is 850. The molecule has 0 aliphatic rings. The molecule has 190 valence electrons. The summed E-state index contributed by atoms with van der Waals surface area (Å²) in [4.78, 5) is 67.2. The summed E-state index contributed by atoms with van der Waals surface area (Å²) in [6, 6.07) is -4.65. The fraction of sp³-hybridized carbons (Fsp3) is 0.600. The first-order valence-corrected chi connectivity index (χ1v) is 11.3. The molecule has 1 rings (SSSR count). The monoisotopic (exact) mass is 500 g/mol. The number of aromatic nitrogens is 2. The maximum absolute atomic E-state index is 13.1. The van der Waals surface area contributed by atoms with E-state index in [1.165, 1.54) is 12.5 Å². The van der Waals surface area contributed by atoms with Gasteiger partial charge in [0.25, 0.3) is 0 Å². The van der Waals surface area contributed by atoms with E-state index in [1.807, 2.05) is 6.92 Å². The lowest BCUT2D eigenvalue weighted by molar-refractivity contribution is -0.143. The number of aliphatic carboxylic acids is 2. The maximum atomic E-state index is 13.1. The summed E-state index contributed by atoms with van der Waals surface area (Å²) >= 11 is 3.98. The molecule has 0 saturated carbocycles. The van der Waals surface area contributed by atoms with Crippen molar-refractivity contribution in [1.29, 1.82) is 0 Å². The minimum Gasteiger partial charge on any atom is -0.481 e. The first-order chi connectivity index (χ1) is 16.0. The molecule has 0 saturated heterocycles. The van der Waals surface area contributed by atoms with E-state index >= 15 is 0 Å². The number of nitrogens with one attached hydrogen (secondary N) is 4. The standard InChI is InChI=1S/C20H32N6O7S/c1-3-10(2)16(26-17(29)12(21)8-34)19(31)25-14(6-11-7-22-9-23-11)18(30)24-13(20(32)33)4-5-15(27)28/h7,9-10,12-14,16,34H,3-6,8,21H2,1-2H3,(H,22,23)(H,24,30)(H,25,31)(H,26,29)(H,27,28)(H,32,33). The molecule has 0 bridgehead atoms. The molecule has 34 heavy (non-hydrogen) atoms. The predicted octanol–water partition coefficient (Wildman–Crippen LogP) is -1.34. The van der Waals surface area contributed by atoms with E-state index in [1.54, 1.807) is 6.92 Å². The molecular weight excluding hydrogens is 468 g/mol. The third-order valence-corrected chi connectivity index (χ3v) is 5.59. The largest absolute Gasteiger partial charge is 0.481 e. The van der Waals surface area contributed by atoms with Gasteiger partial charge in [-0.2, -0.15) is 12.6 Å². The van der Waals surface area contributed by atoms with Gasteiger partial charge < -0.3 is 36.9 Å². The SMILES string of the molecule is CCC(C)C(NC(=O)C(N)CS)C(=O)NC(Cc1cnc[nH]1)C(=O)NC(CCC(=O)O)C(=O)O. The lowest BCUT2D eigenvalue weighted by atomic mass is 9.97. The summed E-state index contributed by atoms with van der Waals surface area (Å²) in [5.74, 6) is -4.94. The number of hydrogen-bond donors (Lipinski definition) is 8. The number of nitrogens with two attached hydrogens (primary N) is 1. The van der Waals surface area contributed by atoms with Crippen LogP contribution in [0.2, 0.25) is 0 Å². The molecule has 0 spiro atoms. The van der Waals surface area contributed by atoms with Crippen molar-refractivity contribution in [2.75, 3.05) is 5.75 Å². The predicted molar refractivity (Wildman–Crippen MR) is 124 cm³/mol. The second kappa shape index (κ2) is 14.2. The van der Waals surface area contributed by atoms with Gasteiger partial charge in [-0.3, -0.25) is 19.2 Å². The van der Waals surface area contributed by atoms with Crippen molar-refractivity contribution in [3.63, 3.8) is 0 Å². The molecule has 5 unspecified atom stereocenters. The number of thiol groups is 1. The average molecular weight is 501 g/mol. The molecule has 0 aliphatic heterocycles. The smallest absolute Gasteiger partial charge is 0.326 e. The van der Waals surface area contributed by atoms with Crippen LogP contribution in [0.3, 0.4) is 0 Å². The fourth-order valence-corrected chi connectivity index (χ4v) is 3.10. The van der Waals surface area contributed by atoms with Crippen LogP contribution in [-0.2, 0) is 30.4 Å². The van der Waals surface area contributed by atoms with Crippen molar-refractivity contribution < 1.29 is 34.2 Å². The highest BCUT2D eigenvalue weighted by molar-refractivity contribution is 7.80. The zero-order valence-corrected chi connectivity index (χ0v) is 19.9. The van der Waals surface area contributed by atoms with E-state index in [0.717, 1.165) is 0 Å². The van der Waals surface area contributed by atoms with Gasteiger partial charge in [0.05, 0.1) is 12.4 Å². The molecule has 14 heteroatoms. The highest BCUT2D eigenvalue weighted by atomic mass is 32.1. The zero-order chi connectivity index (χ0) is 25.8. The number of carboxylic acid groups (broad SMARTS) is 2. The Labute approximate surface area is 202 Å². The quantitative estimate of drug-likeness (QED) is 0.133. The third kappa shape index (κ3) is 9.39. The number of aromatic amines is 1. The van der Waals surface area contributed by atoms with Gasteiger partial charge in [0, 0.05) is 30.5 Å². The summed E-state index contributed by atoms with van der Waals surface area (Å²) in [6.45, 7) is 3.57. The molecule has 13 nitrogen and oxygen atoms in total. The summed E-state index contributed by atoms with van der Waals surface area (Å²) in [7, 11) is 0. The molecular formula is C20H32N6O7S. The zero-order valence-electron chi connectivity index (χ0n) is 19.0. The van der Waals surface area contributed by atoms with E-state index in [0.29, 0.717) is 12.1 Å². The lowest BCUT2D eigenvalue weighted by Crippen LogP contribution is -2.59. The van der Waals surface area contributed by atoms with Crippen LogP contribution in [0.4, 0.5) is 0 Å². The first-order valence-electron chi connectivity index (χ1n) is 10.7. The van der Waals surface area contributed by atoms with Gasteiger partial charge in [0.2, 0.25) is 17.7 Å². The van der Waals surface area contributed by atoms with E-state index in [-0.39, 0.29) is 24.5 Å². The van der Waals surface area contributed by atoms with Gasteiger partial charge >= 0.3 is 11.9 Å². The van der Waals surface area contributed by atoms with E-state index in [4.69, 9.17) is 10.8 Å². The number of imidazole rings is 1. The average Bonchev–Trinajstić information content (AvgIpc) is 3.30. The van der Waals surface area contributed by atoms with Crippen LogP contribution in [0.25, 0.3) is 0 Å². The normalized spacial score (nSPS) is 15.3. The Morgan fingerprint density at radius 1 is 1.09 bits per heavy atom. The van der Waals surface area contributed by atoms with Crippen molar-refractivity contribution in [2.24, 2.45) is 11.7 Å². The van der Waals surface area contributed by atoms with Crippen LogP contribution in [0.5, 0.6) is 0 Å². The summed E-state index contributed by atoms with van der Waals surface area (Å²) in [5.41, 5.74) is 6.17. The second-order valence-corrected chi connectivity index (χ2v) is 8.20. The van der Waals surface area contributed by atoms with E-state index < -0.39 is 60.2 Å². The molecule has 0 aliphatic carbocycles. The van der Waals surface area contributed by atoms with Crippen molar-refractivity contribution in [3.05, 3.63) is 18.2 Å². The van der Waals surface area contributed by atoms with Gasteiger partial charge in [0.15, 0.2) is 0 Å². The number of carbonyl (C=O) groups is 5. The number of nitrogens with zero attached hydrogens (tertiary/aromatic N) is 1. The number of rotatable bonds is 15. The lowest BCUT2D eigenvalue weighted by Gasteiger charge is -2.27. The minimum atomic E-state index is -1.47. The molecule has 8 N–H and O–H groups in total. The first kappa shape index (κ1) is 28.9. The van der Waals surface area contributed by atoms with Crippen LogP contribution in [0.1, 0.15) is 38.8 Å². The van der Waals surface area contributed by atoms with Crippen LogP contribution in [-0.4, -0.2) is 79.8 Å². The van der Waals surface area contributed by atoms with Gasteiger partial charge in [0.1, 0.15) is 18.1 Å². The number of carbonyl (C=O) groups excluding carboxylic acids is 3. The Morgan fingerprint density at radius 3 is 2.24 bits per heavy atom. The fourth-order valence-electron chi connectivity index (χ4n) is 2.93. The van der Waals surface area contributed by atoms with Crippen LogP contribution in [0, 0.1) is 5.92 Å². The highest BCUT2D eigenvalue weighted by Crippen LogP contribution is 2.10. The highest BCUT2D eigenvalue weighted by Gasteiger charge is 2.32. The van der Waals surface area contributed by atoms with Crippen molar-refractivity contribution in [3.8, 4) is 0 Å². The van der Waals surface area contributed by atoms with Crippen LogP contribution < -0.4 is 21.7 Å². The van der Waals surface area contributed by atoms with Crippen molar-refractivity contribution >= 4 is 42.3 Å². The van der Waals surface area contributed by atoms with E-state index in [2.05, 4.69) is 38.5 Å². The second-order valence-electron chi connectivity index (χ2n) is 7.83. The minimum absolute atomic E-state index is 0.0554. The van der Waals surface area contributed by atoms with Gasteiger partial charge in [-0.05, 0) is 12.3 Å². The van der Waals surface area contributed by atoms with Gasteiger partial charge in [-0.15, -0.1) is 0 Å². The summed E-state index contributed by atoms with van der Waals surface area (Å²) in [6.07, 6.45) is 2.48. The van der Waals surface area contributed by atoms with Crippen LogP contribution in [0.15, 0.2) is 12.5 Å². The molecule has 1 aromatic heterocycles. The van der Waals surface area contributed by atoms with Crippen LogP contribution >= 0.6 is 12.6 Å². The Morgan fingerprint density at radius 2 is 1.74 bits per heavy atom. The summed E-state index contributed by atoms with van der Waals surface area (Å²) < 4.78 is 0. The van der Waals surface area contributed by atoms with E-state index in [9.17, 15) is 29.1 Å². The molecule has 0 fully saturated rings. The molecule has 1 heterocycles. The van der Waals surface area contributed by atoms with Gasteiger partial charge in [-0.1, -0.05) is 20.3 Å².